The Morgan fingerprint density at radius 3 is 2.67 bits per heavy atom. The van der Waals surface area contributed by atoms with E-state index in [0.29, 0.717) is 0 Å². The molecule has 3 amide bonds. The molecule has 0 saturated heterocycles. The van der Waals surface area contributed by atoms with Gasteiger partial charge in [0.15, 0.2) is 17.4 Å². The van der Waals surface area contributed by atoms with Crippen molar-refractivity contribution in [1.82, 2.24) is 25.5 Å². The van der Waals surface area contributed by atoms with Crippen LogP contribution in [-0.2, 0) is 11.4 Å². The van der Waals surface area contributed by atoms with Gasteiger partial charge in [0.25, 0.3) is 0 Å². The predicted octanol–water partition coefficient (Wildman–Crippen LogP) is 1.43. The van der Waals surface area contributed by atoms with E-state index in [-0.39, 0.29) is 29.1 Å². The molecule has 0 aliphatic carbocycles. The molecule has 0 aliphatic heterocycles. The van der Waals surface area contributed by atoms with E-state index < -0.39 is 23.3 Å². The number of ether oxygens (including phenoxy) is 1. The molecule has 11 heteroatoms. The third-order valence-electron chi connectivity index (χ3n) is 3.00. The molecule has 27 heavy (non-hydrogen) atoms. The van der Waals surface area contributed by atoms with Crippen molar-refractivity contribution in [3.63, 3.8) is 0 Å². The van der Waals surface area contributed by atoms with Gasteiger partial charge in [-0.2, -0.15) is 0 Å². The van der Waals surface area contributed by atoms with Gasteiger partial charge in [-0.25, -0.2) is 13.9 Å². The lowest BCUT2D eigenvalue weighted by Crippen LogP contribution is -2.48. The first-order valence-electron chi connectivity index (χ1n) is 7.97. The third kappa shape index (κ3) is 6.44. The number of benzene rings is 1. The van der Waals surface area contributed by atoms with Gasteiger partial charge < -0.3 is 15.9 Å². The SMILES string of the molecule is CC(C)(C)NC(=O)NC(=O)CSc1nnc(COc2ccccc2F)n1N. The molecular weight excluding hydrogens is 375 g/mol. The number of carbonyl (C=O) groups is 2. The summed E-state index contributed by atoms with van der Waals surface area (Å²) in [5.74, 6) is 5.10. The van der Waals surface area contributed by atoms with Crippen LogP contribution >= 0.6 is 11.8 Å². The number of nitrogens with one attached hydrogen (secondary N) is 2. The number of hydrogen-bond donors (Lipinski definition) is 3. The minimum Gasteiger partial charge on any atom is -0.482 e. The summed E-state index contributed by atoms with van der Waals surface area (Å²) in [6.45, 7) is 5.31. The number of amides is 3. The van der Waals surface area contributed by atoms with Crippen LogP contribution < -0.4 is 21.2 Å². The van der Waals surface area contributed by atoms with Crippen LogP contribution in [0.5, 0.6) is 5.75 Å². The van der Waals surface area contributed by atoms with Crippen LogP contribution in [0.15, 0.2) is 29.4 Å². The maximum absolute atomic E-state index is 13.5. The molecule has 1 heterocycles. The Kier molecular flexibility index (Phi) is 6.61. The minimum atomic E-state index is -0.582. The minimum absolute atomic E-state index is 0.0685. The van der Waals surface area contributed by atoms with Crippen LogP contribution in [0, 0.1) is 5.82 Å². The first kappa shape index (κ1) is 20.5. The van der Waals surface area contributed by atoms with Crippen molar-refractivity contribution in [2.75, 3.05) is 11.6 Å². The molecule has 2 rings (SSSR count). The molecule has 2 aromatic rings. The average molecular weight is 396 g/mol. The molecule has 146 valence electrons. The Morgan fingerprint density at radius 2 is 2.00 bits per heavy atom. The number of halogens is 1. The van der Waals surface area contributed by atoms with E-state index in [2.05, 4.69) is 20.8 Å². The number of imide groups is 1. The number of urea groups is 1. The molecule has 0 fully saturated rings. The van der Waals surface area contributed by atoms with Gasteiger partial charge >= 0.3 is 6.03 Å². The summed E-state index contributed by atoms with van der Waals surface area (Å²) in [5.41, 5.74) is -0.456. The molecule has 0 unspecified atom stereocenters. The zero-order chi connectivity index (χ0) is 20.0. The molecule has 9 nitrogen and oxygen atoms in total. The molecule has 0 bridgehead atoms. The third-order valence-corrected chi connectivity index (χ3v) is 3.95. The maximum atomic E-state index is 13.5. The monoisotopic (exact) mass is 396 g/mol. The van der Waals surface area contributed by atoms with Crippen LogP contribution in [0.3, 0.4) is 0 Å². The van der Waals surface area contributed by atoms with Gasteiger partial charge in [0.1, 0.15) is 6.61 Å². The highest BCUT2D eigenvalue weighted by Gasteiger charge is 2.17. The van der Waals surface area contributed by atoms with Crippen LogP contribution in [0.1, 0.15) is 26.6 Å². The second-order valence-corrected chi connectivity index (χ2v) is 7.47. The maximum Gasteiger partial charge on any atom is 0.321 e. The average Bonchev–Trinajstić information content (AvgIpc) is 2.90. The van der Waals surface area contributed by atoms with Crippen LogP contribution in [0.2, 0.25) is 0 Å². The summed E-state index contributed by atoms with van der Waals surface area (Å²) in [4.78, 5) is 23.5. The number of aromatic nitrogens is 3. The fraction of sp³-hybridized carbons (Fsp3) is 0.375. The summed E-state index contributed by atoms with van der Waals surface area (Å²) < 4.78 is 20.0. The Hall–Kier alpha value is -2.82. The van der Waals surface area contributed by atoms with Crippen molar-refractivity contribution in [3.05, 3.63) is 35.9 Å². The van der Waals surface area contributed by atoms with E-state index >= 15 is 0 Å². The van der Waals surface area contributed by atoms with Crippen molar-refractivity contribution in [1.29, 1.82) is 0 Å². The molecule has 4 N–H and O–H groups in total. The summed E-state index contributed by atoms with van der Waals surface area (Å²) in [6, 6.07) is 5.37. The molecule has 0 aliphatic rings. The smallest absolute Gasteiger partial charge is 0.321 e. The molecule has 0 radical (unpaired) electrons. The van der Waals surface area contributed by atoms with Gasteiger partial charge in [0.05, 0.1) is 5.75 Å². The summed E-state index contributed by atoms with van der Waals surface area (Å²) in [7, 11) is 0. The molecule has 1 aromatic carbocycles. The number of para-hydroxylation sites is 1. The first-order valence-corrected chi connectivity index (χ1v) is 8.96. The van der Waals surface area contributed by atoms with E-state index in [1.807, 2.05) is 0 Å². The normalized spacial score (nSPS) is 11.1. The van der Waals surface area contributed by atoms with Crippen LogP contribution in [-0.4, -0.2) is 38.1 Å². The molecule has 1 aromatic heterocycles. The van der Waals surface area contributed by atoms with Gasteiger partial charge in [-0.05, 0) is 32.9 Å². The van der Waals surface area contributed by atoms with Crippen molar-refractivity contribution in [2.24, 2.45) is 0 Å². The number of rotatable bonds is 6. The molecule has 0 saturated carbocycles. The molecule has 0 spiro atoms. The number of carbonyl (C=O) groups excluding carboxylic acids is 2. The number of nitrogens with zero attached hydrogens (tertiary/aromatic N) is 3. The quantitative estimate of drug-likeness (QED) is 0.498. The standard InChI is InChI=1S/C16H21FN6O3S/c1-16(2,3)20-14(25)19-13(24)9-27-15-22-21-12(23(15)18)8-26-11-7-5-4-6-10(11)17/h4-7H,8-9,18H2,1-3H3,(H2,19,20,24,25). The van der Waals surface area contributed by atoms with Gasteiger partial charge in [0.2, 0.25) is 11.1 Å². The summed E-state index contributed by atoms with van der Waals surface area (Å²) >= 11 is 1.00. The fourth-order valence-electron chi connectivity index (χ4n) is 1.87. The first-order chi connectivity index (χ1) is 12.7. The van der Waals surface area contributed by atoms with Crippen molar-refractivity contribution in [3.8, 4) is 5.75 Å². The van der Waals surface area contributed by atoms with E-state index in [4.69, 9.17) is 10.6 Å². The summed E-state index contributed by atoms with van der Waals surface area (Å²) in [6.07, 6.45) is 0. The zero-order valence-electron chi connectivity index (χ0n) is 15.2. The highest BCUT2D eigenvalue weighted by Crippen LogP contribution is 2.18. The summed E-state index contributed by atoms with van der Waals surface area (Å²) in [5, 5.41) is 12.8. The van der Waals surface area contributed by atoms with Crippen LogP contribution in [0.25, 0.3) is 0 Å². The predicted molar refractivity (Wildman–Crippen MR) is 98.1 cm³/mol. The second-order valence-electron chi connectivity index (χ2n) is 6.53. The zero-order valence-corrected chi connectivity index (χ0v) is 16.0. The lowest BCUT2D eigenvalue weighted by atomic mass is 10.1. The highest BCUT2D eigenvalue weighted by molar-refractivity contribution is 7.99. The Morgan fingerprint density at radius 1 is 1.30 bits per heavy atom. The highest BCUT2D eigenvalue weighted by atomic mass is 32.2. The van der Waals surface area contributed by atoms with E-state index in [1.165, 1.54) is 12.1 Å². The Bertz CT molecular complexity index is 821. The van der Waals surface area contributed by atoms with Crippen molar-refractivity contribution < 1.29 is 18.7 Å². The van der Waals surface area contributed by atoms with E-state index in [1.54, 1.807) is 32.9 Å². The van der Waals surface area contributed by atoms with Gasteiger partial charge in [-0.1, -0.05) is 23.9 Å². The van der Waals surface area contributed by atoms with Gasteiger partial charge in [-0.15, -0.1) is 10.2 Å². The number of nitrogen functional groups attached to an aromatic ring is 1. The van der Waals surface area contributed by atoms with Gasteiger partial charge in [-0.3, -0.25) is 10.1 Å². The van der Waals surface area contributed by atoms with Gasteiger partial charge in [0, 0.05) is 5.54 Å². The van der Waals surface area contributed by atoms with Crippen molar-refractivity contribution in [2.45, 2.75) is 38.1 Å². The topological polar surface area (TPSA) is 124 Å². The largest absolute Gasteiger partial charge is 0.482 e. The van der Waals surface area contributed by atoms with Crippen molar-refractivity contribution >= 4 is 23.7 Å². The Balaban J connectivity index is 1.85. The molecular formula is C16H21FN6O3S. The Labute approximate surface area is 159 Å². The van der Waals surface area contributed by atoms with E-state index in [0.717, 1.165) is 16.4 Å². The fourth-order valence-corrected chi connectivity index (χ4v) is 2.55. The lowest BCUT2D eigenvalue weighted by molar-refractivity contribution is -0.117. The number of thioether (sulfide) groups is 1. The molecule has 0 atom stereocenters. The second kappa shape index (κ2) is 8.71. The van der Waals surface area contributed by atoms with E-state index in [9.17, 15) is 14.0 Å². The lowest BCUT2D eigenvalue weighted by Gasteiger charge is -2.20. The number of nitrogens with two attached hydrogens (primary N) is 1. The van der Waals surface area contributed by atoms with Crippen LogP contribution in [0.4, 0.5) is 9.18 Å². The number of hydrogen-bond acceptors (Lipinski definition) is 7.